The second-order valence-electron chi connectivity index (χ2n) is 6.52. The summed E-state index contributed by atoms with van der Waals surface area (Å²) in [5.41, 5.74) is 0. The third kappa shape index (κ3) is 4.37. The van der Waals surface area contributed by atoms with Gasteiger partial charge in [-0.1, -0.05) is 13.8 Å². The van der Waals surface area contributed by atoms with Crippen molar-refractivity contribution in [1.29, 1.82) is 0 Å². The van der Waals surface area contributed by atoms with E-state index in [-0.39, 0.29) is 17.6 Å². The Hall–Kier alpha value is -2.31. The van der Waals surface area contributed by atoms with Gasteiger partial charge in [-0.25, -0.2) is 4.79 Å². The Balaban J connectivity index is 2.09. The van der Waals surface area contributed by atoms with Crippen molar-refractivity contribution in [3.8, 4) is 0 Å². The van der Waals surface area contributed by atoms with Crippen molar-refractivity contribution >= 4 is 17.8 Å². The van der Waals surface area contributed by atoms with E-state index in [0.29, 0.717) is 19.4 Å². The van der Waals surface area contributed by atoms with E-state index < -0.39 is 24.0 Å². The van der Waals surface area contributed by atoms with Crippen molar-refractivity contribution in [2.75, 3.05) is 6.54 Å². The van der Waals surface area contributed by atoms with Crippen molar-refractivity contribution in [1.82, 2.24) is 10.2 Å². The van der Waals surface area contributed by atoms with Crippen LogP contribution in [0.2, 0.25) is 0 Å². The van der Waals surface area contributed by atoms with Crippen LogP contribution in [0.3, 0.4) is 0 Å². The smallest absolute Gasteiger partial charge is 0.326 e. The van der Waals surface area contributed by atoms with Gasteiger partial charge in [0.15, 0.2) is 5.76 Å². The summed E-state index contributed by atoms with van der Waals surface area (Å²) in [6.07, 6.45) is 3.91. The van der Waals surface area contributed by atoms with Crippen molar-refractivity contribution in [3.05, 3.63) is 24.2 Å². The van der Waals surface area contributed by atoms with Crippen LogP contribution in [0.4, 0.5) is 0 Å². The number of carbonyl (C=O) groups is 3. The summed E-state index contributed by atoms with van der Waals surface area (Å²) >= 11 is 0. The predicted molar refractivity (Wildman–Crippen MR) is 86.4 cm³/mol. The van der Waals surface area contributed by atoms with Crippen LogP contribution in [0.25, 0.3) is 0 Å². The highest BCUT2D eigenvalue weighted by molar-refractivity contribution is 5.96. The zero-order chi connectivity index (χ0) is 17.7. The molecule has 0 spiro atoms. The number of piperidine rings is 1. The third-order valence-electron chi connectivity index (χ3n) is 4.12. The number of carbonyl (C=O) groups excluding carboxylic acids is 2. The molecular weight excluding hydrogens is 312 g/mol. The van der Waals surface area contributed by atoms with Gasteiger partial charge in [0.1, 0.15) is 12.1 Å². The average Bonchev–Trinajstić information content (AvgIpc) is 3.07. The molecule has 1 aliphatic heterocycles. The molecule has 0 bridgehead atoms. The number of nitrogens with zero attached hydrogens (tertiary/aromatic N) is 1. The standard InChI is InChI=1S/C17H24N2O5/c1-11(2)10-12(17(22)23)18-15(20)13-6-3-4-8-19(13)16(21)14-7-5-9-24-14/h5,7,9,11-13H,3-4,6,8,10H2,1-2H3,(H,18,20)(H,22,23)/t12-,13?/m1/s1. The van der Waals surface area contributed by atoms with E-state index in [1.54, 1.807) is 12.1 Å². The normalized spacial score (nSPS) is 19.1. The zero-order valence-corrected chi connectivity index (χ0v) is 14.0. The van der Waals surface area contributed by atoms with E-state index in [4.69, 9.17) is 4.42 Å². The Labute approximate surface area is 141 Å². The highest BCUT2D eigenvalue weighted by atomic mass is 16.4. The summed E-state index contributed by atoms with van der Waals surface area (Å²) in [7, 11) is 0. The maximum Gasteiger partial charge on any atom is 0.326 e. The van der Waals surface area contributed by atoms with Crippen LogP contribution in [0.15, 0.2) is 22.8 Å². The number of aliphatic carboxylic acids is 1. The molecule has 7 heteroatoms. The molecule has 2 N–H and O–H groups in total. The quantitative estimate of drug-likeness (QED) is 0.826. The summed E-state index contributed by atoms with van der Waals surface area (Å²) in [6, 6.07) is 1.57. The molecule has 0 aromatic carbocycles. The fourth-order valence-corrected chi connectivity index (χ4v) is 2.95. The molecule has 132 valence electrons. The van der Waals surface area contributed by atoms with Gasteiger partial charge in [0.2, 0.25) is 5.91 Å². The molecule has 2 atom stereocenters. The van der Waals surface area contributed by atoms with Gasteiger partial charge in [-0.3, -0.25) is 9.59 Å². The fraction of sp³-hybridized carbons (Fsp3) is 0.588. The number of rotatable bonds is 6. The van der Waals surface area contributed by atoms with Gasteiger partial charge in [0.25, 0.3) is 5.91 Å². The minimum absolute atomic E-state index is 0.138. The maximum absolute atomic E-state index is 12.6. The van der Waals surface area contributed by atoms with Gasteiger partial charge in [0, 0.05) is 6.54 Å². The summed E-state index contributed by atoms with van der Waals surface area (Å²) in [4.78, 5) is 37.9. The number of furan rings is 1. The molecule has 2 amide bonds. The summed E-state index contributed by atoms with van der Waals surface area (Å²) in [5.74, 6) is -1.49. The van der Waals surface area contributed by atoms with Gasteiger partial charge in [-0.2, -0.15) is 0 Å². The lowest BCUT2D eigenvalue weighted by atomic mass is 9.99. The van der Waals surface area contributed by atoms with Crippen LogP contribution in [0, 0.1) is 5.92 Å². The largest absolute Gasteiger partial charge is 0.480 e. The van der Waals surface area contributed by atoms with Crippen molar-refractivity contribution in [3.63, 3.8) is 0 Å². The van der Waals surface area contributed by atoms with Crippen LogP contribution < -0.4 is 5.32 Å². The van der Waals surface area contributed by atoms with E-state index >= 15 is 0 Å². The van der Waals surface area contributed by atoms with Gasteiger partial charge in [-0.05, 0) is 43.7 Å². The summed E-state index contributed by atoms with van der Waals surface area (Å²) < 4.78 is 5.13. The molecule has 2 rings (SSSR count). The number of nitrogens with one attached hydrogen (secondary N) is 1. The number of likely N-dealkylation sites (tertiary alicyclic amines) is 1. The monoisotopic (exact) mass is 336 g/mol. The van der Waals surface area contributed by atoms with Crippen LogP contribution in [-0.4, -0.2) is 46.4 Å². The minimum Gasteiger partial charge on any atom is -0.480 e. The first-order chi connectivity index (χ1) is 11.4. The molecule has 0 radical (unpaired) electrons. The van der Waals surface area contributed by atoms with E-state index in [1.807, 2.05) is 13.8 Å². The van der Waals surface area contributed by atoms with Gasteiger partial charge >= 0.3 is 5.97 Å². The summed E-state index contributed by atoms with van der Waals surface area (Å²) in [6.45, 7) is 4.25. The van der Waals surface area contributed by atoms with Crippen LogP contribution >= 0.6 is 0 Å². The number of amides is 2. The molecular formula is C17H24N2O5. The first-order valence-electron chi connectivity index (χ1n) is 8.27. The Morgan fingerprint density at radius 2 is 2.12 bits per heavy atom. The summed E-state index contributed by atoms with van der Waals surface area (Å²) in [5, 5.41) is 11.9. The topological polar surface area (TPSA) is 99.9 Å². The highest BCUT2D eigenvalue weighted by Gasteiger charge is 2.35. The van der Waals surface area contributed by atoms with Gasteiger partial charge in [0.05, 0.1) is 6.26 Å². The SMILES string of the molecule is CC(C)C[C@@H](NC(=O)C1CCCCN1C(=O)c1ccco1)C(=O)O. The van der Waals surface area contributed by atoms with Crippen molar-refractivity contribution in [2.45, 2.75) is 51.6 Å². The van der Waals surface area contributed by atoms with Crippen LogP contribution in [-0.2, 0) is 9.59 Å². The van der Waals surface area contributed by atoms with Crippen molar-refractivity contribution in [2.24, 2.45) is 5.92 Å². The van der Waals surface area contributed by atoms with E-state index in [9.17, 15) is 19.5 Å². The molecule has 1 unspecified atom stereocenters. The van der Waals surface area contributed by atoms with Crippen LogP contribution in [0.1, 0.15) is 50.1 Å². The van der Waals surface area contributed by atoms with Gasteiger partial charge < -0.3 is 19.7 Å². The third-order valence-corrected chi connectivity index (χ3v) is 4.12. The lowest BCUT2D eigenvalue weighted by Crippen LogP contribution is -2.55. The lowest BCUT2D eigenvalue weighted by molar-refractivity contribution is -0.143. The van der Waals surface area contributed by atoms with E-state index in [2.05, 4.69) is 5.32 Å². The Morgan fingerprint density at radius 1 is 1.38 bits per heavy atom. The molecule has 7 nitrogen and oxygen atoms in total. The minimum atomic E-state index is -1.06. The second kappa shape index (κ2) is 7.99. The number of hydrogen-bond acceptors (Lipinski definition) is 4. The zero-order valence-electron chi connectivity index (χ0n) is 14.0. The first kappa shape index (κ1) is 18.0. The number of hydrogen-bond donors (Lipinski definition) is 2. The molecule has 0 saturated carbocycles. The van der Waals surface area contributed by atoms with Gasteiger partial charge in [-0.15, -0.1) is 0 Å². The average molecular weight is 336 g/mol. The first-order valence-corrected chi connectivity index (χ1v) is 8.27. The molecule has 24 heavy (non-hydrogen) atoms. The molecule has 0 aliphatic carbocycles. The second-order valence-corrected chi connectivity index (χ2v) is 6.52. The number of carboxylic acids is 1. The Bertz CT molecular complexity index is 582. The molecule has 1 aromatic heterocycles. The molecule has 1 aliphatic rings. The molecule has 1 aromatic rings. The van der Waals surface area contributed by atoms with Crippen LogP contribution in [0.5, 0.6) is 0 Å². The molecule has 1 saturated heterocycles. The fourth-order valence-electron chi connectivity index (χ4n) is 2.95. The Morgan fingerprint density at radius 3 is 2.71 bits per heavy atom. The van der Waals surface area contributed by atoms with E-state index in [0.717, 1.165) is 12.8 Å². The maximum atomic E-state index is 12.6. The van der Waals surface area contributed by atoms with E-state index in [1.165, 1.54) is 11.2 Å². The lowest BCUT2D eigenvalue weighted by Gasteiger charge is -2.34. The van der Waals surface area contributed by atoms with Crippen molar-refractivity contribution < 1.29 is 23.9 Å². The highest BCUT2D eigenvalue weighted by Crippen LogP contribution is 2.20. The number of carboxylic acid groups (broad SMARTS) is 1. The molecule has 2 heterocycles. The molecule has 1 fully saturated rings. The predicted octanol–water partition coefficient (Wildman–Crippen LogP) is 1.89. The Kier molecular flexibility index (Phi) is 6.00.